The maximum atomic E-state index is 11.8. The summed E-state index contributed by atoms with van der Waals surface area (Å²) in [7, 11) is 0. The average Bonchev–Trinajstić information content (AvgIpc) is 2.71. The lowest BCUT2D eigenvalue weighted by molar-refractivity contribution is 0.141. The van der Waals surface area contributed by atoms with E-state index in [-0.39, 0.29) is 6.61 Å². The number of alkyl carbamates (subject to hydrolysis) is 1. The topological polar surface area (TPSA) is 47.6 Å². The van der Waals surface area contributed by atoms with Crippen molar-refractivity contribution in [3.63, 3.8) is 0 Å². The first-order valence-corrected chi connectivity index (χ1v) is 9.03. The second kappa shape index (κ2) is 9.43. The molecule has 1 N–H and O–H groups in total. The van der Waals surface area contributed by atoms with E-state index >= 15 is 0 Å². The molecule has 4 heteroatoms. The van der Waals surface area contributed by atoms with Gasteiger partial charge < -0.3 is 14.8 Å². The molecule has 0 bridgehead atoms. The van der Waals surface area contributed by atoms with E-state index in [0.717, 1.165) is 27.6 Å². The fourth-order valence-corrected chi connectivity index (χ4v) is 2.82. The Kier molecular flexibility index (Phi) is 6.47. The molecule has 1 amide bonds. The Balaban J connectivity index is 1.60. The molecule has 0 aliphatic rings. The molecule has 0 aromatic heterocycles. The number of fused-ring (bicyclic) bond motifs is 1. The molecule has 4 nitrogen and oxygen atoms in total. The highest BCUT2D eigenvalue weighted by Crippen LogP contribution is 2.29. The van der Waals surface area contributed by atoms with Gasteiger partial charge in [-0.05, 0) is 29.3 Å². The van der Waals surface area contributed by atoms with Gasteiger partial charge in [-0.1, -0.05) is 72.8 Å². The van der Waals surface area contributed by atoms with E-state index in [9.17, 15) is 4.79 Å². The molecule has 0 aliphatic heterocycles. The summed E-state index contributed by atoms with van der Waals surface area (Å²) in [6.45, 7) is 3.20. The molecule has 0 spiro atoms. The smallest absolute Gasteiger partial charge is 0.407 e. The van der Waals surface area contributed by atoms with E-state index in [1.807, 2.05) is 67.6 Å². The summed E-state index contributed by atoms with van der Waals surface area (Å²) < 4.78 is 11.0. The molecule has 0 radical (unpaired) electrons. The molecule has 0 saturated carbocycles. The van der Waals surface area contributed by atoms with Crippen molar-refractivity contribution in [1.82, 2.24) is 5.32 Å². The molecule has 0 saturated heterocycles. The fraction of sp³-hybridized carbons (Fsp3) is 0.174. The van der Waals surface area contributed by atoms with Crippen LogP contribution in [0.2, 0.25) is 0 Å². The van der Waals surface area contributed by atoms with Crippen LogP contribution in [0.4, 0.5) is 4.79 Å². The van der Waals surface area contributed by atoms with Crippen LogP contribution in [-0.2, 0) is 11.3 Å². The first-order chi connectivity index (χ1) is 13.3. The summed E-state index contributed by atoms with van der Waals surface area (Å²) in [5, 5.41) is 5.00. The summed E-state index contributed by atoms with van der Waals surface area (Å²) in [4.78, 5) is 11.8. The number of carbonyl (C=O) groups is 1. The number of amides is 1. The van der Waals surface area contributed by atoms with Gasteiger partial charge in [0, 0.05) is 12.1 Å². The fourth-order valence-electron chi connectivity index (χ4n) is 2.82. The highest BCUT2D eigenvalue weighted by molar-refractivity contribution is 5.93. The van der Waals surface area contributed by atoms with Gasteiger partial charge in [-0.25, -0.2) is 4.79 Å². The van der Waals surface area contributed by atoms with Crippen molar-refractivity contribution in [2.75, 3.05) is 13.2 Å². The molecular formula is C23H23NO3. The summed E-state index contributed by atoms with van der Waals surface area (Å²) in [6.07, 6.45) is 3.44. The van der Waals surface area contributed by atoms with Crippen molar-refractivity contribution in [3.8, 4) is 5.75 Å². The van der Waals surface area contributed by atoms with Crippen LogP contribution in [0.5, 0.6) is 5.75 Å². The van der Waals surface area contributed by atoms with Crippen molar-refractivity contribution in [2.24, 2.45) is 0 Å². The summed E-state index contributed by atoms with van der Waals surface area (Å²) in [5.41, 5.74) is 1.97. The Hall–Kier alpha value is -3.27. The second-order valence-corrected chi connectivity index (χ2v) is 5.98. The number of carbonyl (C=O) groups excluding carboxylic acids is 1. The van der Waals surface area contributed by atoms with Crippen molar-refractivity contribution in [1.29, 1.82) is 0 Å². The van der Waals surface area contributed by atoms with E-state index in [2.05, 4.69) is 23.5 Å². The third kappa shape index (κ3) is 5.11. The molecule has 0 aliphatic carbocycles. The van der Waals surface area contributed by atoms with Gasteiger partial charge in [0.25, 0.3) is 0 Å². The lowest BCUT2D eigenvalue weighted by Crippen LogP contribution is -2.24. The molecule has 138 valence electrons. The third-order valence-corrected chi connectivity index (χ3v) is 4.09. The first kappa shape index (κ1) is 18.5. The molecule has 0 heterocycles. The SMILES string of the molecule is CCOc1ccc2ccccc2c1C=CCNC(=O)OCc1ccccc1. The second-order valence-electron chi connectivity index (χ2n) is 5.98. The Morgan fingerprint density at radius 2 is 1.78 bits per heavy atom. The van der Waals surface area contributed by atoms with Crippen molar-refractivity contribution in [2.45, 2.75) is 13.5 Å². The Morgan fingerprint density at radius 1 is 1.00 bits per heavy atom. The van der Waals surface area contributed by atoms with Crippen LogP contribution in [0.3, 0.4) is 0 Å². The summed E-state index contributed by atoms with van der Waals surface area (Å²) >= 11 is 0. The van der Waals surface area contributed by atoms with Gasteiger partial charge in [0.1, 0.15) is 12.4 Å². The Labute approximate surface area is 159 Å². The largest absolute Gasteiger partial charge is 0.493 e. The van der Waals surface area contributed by atoms with Crippen molar-refractivity contribution in [3.05, 3.63) is 83.9 Å². The molecule has 3 aromatic carbocycles. The predicted octanol–water partition coefficient (Wildman–Crippen LogP) is 5.18. The zero-order chi connectivity index (χ0) is 18.9. The lowest BCUT2D eigenvalue weighted by atomic mass is 10.0. The van der Waals surface area contributed by atoms with Gasteiger partial charge in [-0.2, -0.15) is 0 Å². The van der Waals surface area contributed by atoms with Crippen LogP contribution in [0.25, 0.3) is 16.8 Å². The first-order valence-electron chi connectivity index (χ1n) is 9.03. The predicted molar refractivity (Wildman–Crippen MR) is 109 cm³/mol. The zero-order valence-electron chi connectivity index (χ0n) is 15.4. The van der Waals surface area contributed by atoms with E-state index < -0.39 is 6.09 Å². The van der Waals surface area contributed by atoms with Gasteiger partial charge in [-0.3, -0.25) is 0 Å². The van der Waals surface area contributed by atoms with E-state index in [0.29, 0.717) is 13.2 Å². The average molecular weight is 361 g/mol. The van der Waals surface area contributed by atoms with Gasteiger partial charge in [0.2, 0.25) is 0 Å². The van der Waals surface area contributed by atoms with Gasteiger partial charge >= 0.3 is 6.09 Å². The molecule has 27 heavy (non-hydrogen) atoms. The number of hydrogen-bond acceptors (Lipinski definition) is 3. The van der Waals surface area contributed by atoms with E-state index in [1.54, 1.807) is 0 Å². The maximum absolute atomic E-state index is 11.8. The molecule has 3 aromatic rings. The third-order valence-electron chi connectivity index (χ3n) is 4.09. The minimum Gasteiger partial charge on any atom is -0.493 e. The Morgan fingerprint density at radius 3 is 2.59 bits per heavy atom. The van der Waals surface area contributed by atoms with E-state index in [1.165, 1.54) is 0 Å². The van der Waals surface area contributed by atoms with Crippen LogP contribution >= 0.6 is 0 Å². The van der Waals surface area contributed by atoms with Crippen LogP contribution in [-0.4, -0.2) is 19.2 Å². The van der Waals surface area contributed by atoms with Crippen molar-refractivity contribution < 1.29 is 14.3 Å². The molecule has 0 atom stereocenters. The quantitative estimate of drug-likeness (QED) is 0.631. The lowest BCUT2D eigenvalue weighted by Gasteiger charge is -2.10. The van der Waals surface area contributed by atoms with Crippen LogP contribution in [0, 0.1) is 0 Å². The normalized spacial score (nSPS) is 10.9. The summed E-state index contributed by atoms with van der Waals surface area (Å²) in [6, 6.07) is 21.8. The van der Waals surface area contributed by atoms with Crippen molar-refractivity contribution >= 4 is 22.9 Å². The number of benzene rings is 3. The maximum Gasteiger partial charge on any atom is 0.407 e. The Bertz CT molecular complexity index is 919. The standard InChI is InChI=1S/C23H23NO3/c1-2-26-22-15-14-19-11-6-7-12-20(19)21(22)13-8-16-24-23(25)27-17-18-9-4-3-5-10-18/h3-15H,2,16-17H2,1H3,(H,24,25). The zero-order valence-corrected chi connectivity index (χ0v) is 15.4. The van der Waals surface area contributed by atoms with Crippen LogP contribution < -0.4 is 10.1 Å². The summed E-state index contributed by atoms with van der Waals surface area (Å²) in [5.74, 6) is 0.833. The highest BCUT2D eigenvalue weighted by atomic mass is 16.5. The highest BCUT2D eigenvalue weighted by Gasteiger charge is 2.06. The minimum absolute atomic E-state index is 0.258. The molecule has 0 fully saturated rings. The number of nitrogens with one attached hydrogen (secondary N) is 1. The van der Waals surface area contributed by atoms with E-state index in [4.69, 9.17) is 9.47 Å². The van der Waals surface area contributed by atoms with Crippen LogP contribution in [0.1, 0.15) is 18.1 Å². The molecule has 3 rings (SSSR count). The van der Waals surface area contributed by atoms with Gasteiger partial charge in [0.05, 0.1) is 6.61 Å². The van der Waals surface area contributed by atoms with Gasteiger partial charge in [0.15, 0.2) is 0 Å². The monoisotopic (exact) mass is 361 g/mol. The minimum atomic E-state index is -0.438. The number of rotatable bonds is 7. The van der Waals surface area contributed by atoms with Gasteiger partial charge in [-0.15, -0.1) is 0 Å². The number of hydrogen-bond donors (Lipinski definition) is 1. The van der Waals surface area contributed by atoms with Crippen LogP contribution in [0.15, 0.2) is 72.8 Å². The molecule has 0 unspecified atom stereocenters. The molecular weight excluding hydrogens is 338 g/mol. The number of ether oxygens (including phenoxy) is 2.